The van der Waals surface area contributed by atoms with E-state index in [2.05, 4.69) is 11.2 Å². The summed E-state index contributed by atoms with van der Waals surface area (Å²) in [7, 11) is 3.46. The number of anilines is 1. The van der Waals surface area contributed by atoms with Crippen LogP contribution in [0.15, 0.2) is 30.6 Å². The molecule has 0 aliphatic carbocycles. The molecule has 2 aliphatic heterocycles. The second-order valence-electron chi connectivity index (χ2n) is 6.78. The summed E-state index contributed by atoms with van der Waals surface area (Å²) in [6.45, 7) is 0.354. The lowest BCUT2D eigenvalue weighted by atomic mass is 10.00. The first-order chi connectivity index (χ1) is 13.0. The summed E-state index contributed by atoms with van der Waals surface area (Å²) in [5.41, 5.74) is 2.96. The minimum atomic E-state index is -0.825. The van der Waals surface area contributed by atoms with Crippen LogP contribution >= 0.6 is 0 Å². The third-order valence-electron chi connectivity index (χ3n) is 5.21. The van der Waals surface area contributed by atoms with Crippen LogP contribution < -0.4 is 4.90 Å². The van der Waals surface area contributed by atoms with Crippen molar-refractivity contribution in [3.63, 3.8) is 0 Å². The van der Waals surface area contributed by atoms with Gasteiger partial charge in [0, 0.05) is 38.1 Å². The smallest absolute Gasteiger partial charge is 0.258 e. The first kappa shape index (κ1) is 17.2. The number of benzene rings is 1. The van der Waals surface area contributed by atoms with Crippen molar-refractivity contribution < 1.29 is 14.3 Å². The summed E-state index contributed by atoms with van der Waals surface area (Å²) in [6, 6.07) is 7.02. The topological polar surface area (TPSA) is 91.5 Å². The largest absolute Gasteiger partial charge is 0.356 e. The highest BCUT2D eigenvalue weighted by molar-refractivity contribution is 6.00. The van der Waals surface area contributed by atoms with E-state index in [0.29, 0.717) is 18.5 Å². The Kier molecular flexibility index (Phi) is 4.16. The number of nitriles is 1. The number of hydrogen-bond donors (Lipinski definition) is 0. The molecule has 138 valence electrons. The van der Waals surface area contributed by atoms with Crippen molar-refractivity contribution in [3.8, 4) is 6.07 Å². The fourth-order valence-electron chi connectivity index (χ4n) is 3.83. The third kappa shape index (κ3) is 2.76. The number of hydrogen-bond acceptors (Lipinski definition) is 5. The van der Waals surface area contributed by atoms with Crippen molar-refractivity contribution in [1.29, 1.82) is 5.26 Å². The van der Waals surface area contributed by atoms with Gasteiger partial charge >= 0.3 is 0 Å². The lowest BCUT2D eigenvalue weighted by Gasteiger charge is -2.39. The van der Waals surface area contributed by atoms with Crippen LogP contribution in [0.1, 0.15) is 22.7 Å². The Balaban J connectivity index is 1.69. The number of rotatable bonds is 2. The van der Waals surface area contributed by atoms with E-state index in [1.807, 2.05) is 6.07 Å². The van der Waals surface area contributed by atoms with Gasteiger partial charge in [-0.05, 0) is 24.1 Å². The number of likely N-dealkylation sites (N-methyl/N-ethyl adjacent to an activating group) is 1. The molecule has 1 aromatic carbocycles. The molecule has 0 unspecified atom stereocenters. The standard InChI is InChI=1S/C19H19N5O3/c1-22-10-13(9-21-22)17-18(27-11-16(25)23(17)2)19(26)24-7-6-14-12(8-20)4-3-5-15(14)24/h3-5,9-10,17-18H,6-7,11H2,1-2H3/t17-,18-/m1/s1. The molecule has 2 aliphatic rings. The van der Waals surface area contributed by atoms with E-state index >= 15 is 0 Å². The molecule has 8 heteroatoms. The van der Waals surface area contributed by atoms with Crippen LogP contribution in [0.5, 0.6) is 0 Å². The highest BCUT2D eigenvalue weighted by Crippen LogP contribution is 2.35. The van der Waals surface area contributed by atoms with Gasteiger partial charge in [-0.2, -0.15) is 10.4 Å². The monoisotopic (exact) mass is 365 g/mol. The van der Waals surface area contributed by atoms with Crippen molar-refractivity contribution in [1.82, 2.24) is 14.7 Å². The molecule has 8 nitrogen and oxygen atoms in total. The summed E-state index contributed by atoms with van der Waals surface area (Å²) in [5.74, 6) is -0.390. The van der Waals surface area contributed by atoms with Crippen LogP contribution in [-0.2, 0) is 27.8 Å². The number of carbonyl (C=O) groups is 2. The SMILES string of the molecule is CN1C(=O)CO[C@@H](C(=O)N2CCc3c(C#N)cccc32)[C@H]1c1cnn(C)c1. The number of ether oxygens (including phenoxy) is 1. The van der Waals surface area contributed by atoms with Gasteiger partial charge < -0.3 is 14.5 Å². The van der Waals surface area contributed by atoms with E-state index in [0.717, 1.165) is 16.8 Å². The molecule has 27 heavy (non-hydrogen) atoms. The summed E-state index contributed by atoms with van der Waals surface area (Å²) in [4.78, 5) is 28.7. The predicted octanol–water partition coefficient (Wildman–Crippen LogP) is 0.779. The second-order valence-corrected chi connectivity index (χ2v) is 6.78. The van der Waals surface area contributed by atoms with Gasteiger partial charge in [-0.3, -0.25) is 14.3 Å². The molecule has 2 aromatic rings. The van der Waals surface area contributed by atoms with Gasteiger partial charge in [-0.1, -0.05) is 6.07 Å². The van der Waals surface area contributed by atoms with Gasteiger partial charge in [-0.15, -0.1) is 0 Å². The second kappa shape index (κ2) is 6.52. The predicted molar refractivity (Wildman–Crippen MR) is 95.7 cm³/mol. The summed E-state index contributed by atoms with van der Waals surface area (Å²) >= 11 is 0. The number of aromatic nitrogens is 2. The van der Waals surface area contributed by atoms with Gasteiger partial charge in [0.25, 0.3) is 5.91 Å². The molecule has 1 aromatic heterocycles. The van der Waals surface area contributed by atoms with E-state index in [-0.39, 0.29) is 18.4 Å². The van der Waals surface area contributed by atoms with Crippen molar-refractivity contribution >= 4 is 17.5 Å². The number of amides is 2. The maximum atomic E-state index is 13.4. The van der Waals surface area contributed by atoms with Crippen LogP contribution in [0.2, 0.25) is 0 Å². The lowest BCUT2D eigenvalue weighted by molar-refractivity contribution is -0.161. The lowest BCUT2D eigenvalue weighted by Crippen LogP contribution is -2.53. The van der Waals surface area contributed by atoms with Crippen LogP contribution in [0, 0.1) is 11.3 Å². The Hall–Kier alpha value is -3.18. The maximum absolute atomic E-state index is 13.4. The molecule has 2 amide bonds. The molecule has 0 bridgehead atoms. The van der Waals surface area contributed by atoms with Crippen molar-refractivity contribution in [2.24, 2.45) is 7.05 Å². The van der Waals surface area contributed by atoms with E-state index in [9.17, 15) is 14.9 Å². The molecule has 0 radical (unpaired) electrons. The molecule has 1 saturated heterocycles. The number of carbonyl (C=O) groups excluding carboxylic acids is 2. The Bertz CT molecular complexity index is 960. The Morgan fingerprint density at radius 3 is 2.89 bits per heavy atom. The van der Waals surface area contributed by atoms with Crippen molar-refractivity contribution in [2.45, 2.75) is 18.6 Å². The Morgan fingerprint density at radius 1 is 1.37 bits per heavy atom. The normalized spacial score (nSPS) is 21.9. The highest BCUT2D eigenvalue weighted by Gasteiger charge is 2.43. The quantitative estimate of drug-likeness (QED) is 0.784. The molecular formula is C19H19N5O3. The molecule has 0 spiro atoms. The molecule has 4 rings (SSSR count). The van der Waals surface area contributed by atoms with E-state index < -0.39 is 12.1 Å². The minimum absolute atomic E-state index is 0.136. The van der Waals surface area contributed by atoms with Crippen LogP contribution in [0.25, 0.3) is 0 Å². The molecule has 0 N–H and O–H groups in total. The average Bonchev–Trinajstić information content (AvgIpc) is 3.29. The van der Waals surface area contributed by atoms with Crippen LogP contribution in [0.4, 0.5) is 5.69 Å². The molecule has 2 atom stereocenters. The van der Waals surface area contributed by atoms with E-state index in [4.69, 9.17) is 4.74 Å². The first-order valence-corrected chi connectivity index (χ1v) is 8.70. The van der Waals surface area contributed by atoms with Crippen molar-refractivity contribution in [2.75, 3.05) is 25.1 Å². The summed E-state index contributed by atoms with van der Waals surface area (Å²) < 4.78 is 7.33. The zero-order chi connectivity index (χ0) is 19.1. The van der Waals surface area contributed by atoms with Gasteiger partial charge in [0.2, 0.25) is 5.91 Å². The van der Waals surface area contributed by atoms with Gasteiger partial charge in [0.15, 0.2) is 6.10 Å². The fourth-order valence-corrected chi connectivity index (χ4v) is 3.83. The van der Waals surface area contributed by atoms with Gasteiger partial charge in [0.05, 0.1) is 23.9 Å². The zero-order valence-electron chi connectivity index (χ0n) is 15.1. The van der Waals surface area contributed by atoms with Gasteiger partial charge in [0.1, 0.15) is 6.61 Å². The minimum Gasteiger partial charge on any atom is -0.356 e. The highest BCUT2D eigenvalue weighted by atomic mass is 16.5. The maximum Gasteiger partial charge on any atom is 0.258 e. The Labute approximate surface area is 156 Å². The fraction of sp³-hybridized carbons (Fsp3) is 0.368. The number of aryl methyl sites for hydroxylation is 1. The number of morpholine rings is 1. The van der Waals surface area contributed by atoms with Crippen LogP contribution in [-0.4, -0.2) is 52.8 Å². The number of fused-ring (bicyclic) bond motifs is 1. The molecular weight excluding hydrogens is 346 g/mol. The summed E-state index contributed by atoms with van der Waals surface area (Å²) in [5, 5.41) is 13.5. The summed E-state index contributed by atoms with van der Waals surface area (Å²) in [6.07, 6.45) is 3.24. The van der Waals surface area contributed by atoms with E-state index in [1.54, 1.807) is 53.1 Å². The third-order valence-corrected chi connectivity index (χ3v) is 5.21. The molecule has 3 heterocycles. The zero-order valence-corrected chi connectivity index (χ0v) is 15.1. The van der Waals surface area contributed by atoms with Crippen molar-refractivity contribution in [3.05, 3.63) is 47.3 Å². The van der Waals surface area contributed by atoms with E-state index in [1.165, 1.54) is 0 Å². The Morgan fingerprint density at radius 2 is 2.19 bits per heavy atom. The molecule has 1 fully saturated rings. The van der Waals surface area contributed by atoms with Crippen LogP contribution in [0.3, 0.4) is 0 Å². The van der Waals surface area contributed by atoms with Gasteiger partial charge in [-0.25, -0.2) is 0 Å². The molecule has 0 saturated carbocycles. The average molecular weight is 365 g/mol. The first-order valence-electron chi connectivity index (χ1n) is 8.70. The number of nitrogens with zero attached hydrogens (tertiary/aromatic N) is 5.